The highest BCUT2D eigenvalue weighted by molar-refractivity contribution is 5.36. The molecule has 1 atom stereocenters. The summed E-state index contributed by atoms with van der Waals surface area (Å²) in [6.45, 7) is 4.62. The third-order valence-electron chi connectivity index (χ3n) is 3.70. The zero-order valence-corrected chi connectivity index (χ0v) is 14.6. The largest absolute Gasteiger partial charge is 0.494 e. The van der Waals surface area contributed by atoms with E-state index in [1.165, 1.54) is 12.1 Å². The first kappa shape index (κ1) is 17.7. The van der Waals surface area contributed by atoms with E-state index < -0.39 is 0 Å². The molecule has 134 valence electrons. The van der Waals surface area contributed by atoms with E-state index in [2.05, 4.69) is 15.3 Å². The van der Waals surface area contributed by atoms with E-state index >= 15 is 0 Å². The summed E-state index contributed by atoms with van der Waals surface area (Å²) >= 11 is 0. The lowest BCUT2D eigenvalue weighted by Crippen LogP contribution is -2.09. The maximum atomic E-state index is 13.0. The highest BCUT2D eigenvalue weighted by atomic mass is 19.1. The first-order valence-electron chi connectivity index (χ1n) is 8.40. The van der Waals surface area contributed by atoms with Crippen molar-refractivity contribution in [3.05, 3.63) is 72.2 Å². The fraction of sp³-hybridized carbons (Fsp3) is 0.200. The van der Waals surface area contributed by atoms with E-state index in [0.717, 1.165) is 11.3 Å². The minimum Gasteiger partial charge on any atom is -0.494 e. The van der Waals surface area contributed by atoms with Crippen LogP contribution in [-0.2, 0) is 0 Å². The Bertz CT molecular complexity index is 838. The number of rotatable bonds is 7. The van der Waals surface area contributed by atoms with Crippen molar-refractivity contribution >= 4 is 5.95 Å². The SMILES string of the molecule is CCOc1ccc(C(C)Nc2nccc(Oc3ccc(F)cc3)n2)cc1. The van der Waals surface area contributed by atoms with Crippen molar-refractivity contribution in [1.29, 1.82) is 0 Å². The van der Waals surface area contributed by atoms with E-state index in [-0.39, 0.29) is 11.9 Å². The van der Waals surface area contributed by atoms with Crippen LogP contribution >= 0.6 is 0 Å². The number of hydrogen-bond donors (Lipinski definition) is 1. The van der Waals surface area contributed by atoms with Crippen LogP contribution in [0.25, 0.3) is 0 Å². The summed E-state index contributed by atoms with van der Waals surface area (Å²) in [6, 6.07) is 15.3. The predicted molar refractivity (Wildman–Crippen MR) is 98.2 cm³/mol. The molecule has 0 aliphatic carbocycles. The molecule has 0 aliphatic heterocycles. The normalized spacial score (nSPS) is 11.7. The average molecular weight is 353 g/mol. The number of hydrogen-bond acceptors (Lipinski definition) is 5. The van der Waals surface area contributed by atoms with Crippen molar-refractivity contribution in [3.63, 3.8) is 0 Å². The molecule has 0 saturated carbocycles. The van der Waals surface area contributed by atoms with E-state index in [1.807, 2.05) is 38.1 Å². The molecule has 6 heteroatoms. The van der Waals surface area contributed by atoms with Gasteiger partial charge in [0, 0.05) is 12.3 Å². The van der Waals surface area contributed by atoms with E-state index in [9.17, 15) is 4.39 Å². The fourth-order valence-corrected chi connectivity index (χ4v) is 2.39. The minimum absolute atomic E-state index is 0.00625. The Morgan fingerprint density at radius 1 is 1.00 bits per heavy atom. The quantitative estimate of drug-likeness (QED) is 0.649. The first-order chi connectivity index (χ1) is 12.6. The van der Waals surface area contributed by atoms with Gasteiger partial charge in [0.2, 0.25) is 11.8 Å². The van der Waals surface area contributed by atoms with Gasteiger partial charge in [-0.2, -0.15) is 4.98 Å². The van der Waals surface area contributed by atoms with Crippen LogP contribution in [0.4, 0.5) is 10.3 Å². The van der Waals surface area contributed by atoms with Gasteiger partial charge in [-0.05, 0) is 55.8 Å². The second-order valence-corrected chi connectivity index (χ2v) is 5.64. The topological polar surface area (TPSA) is 56.3 Å². The van der Waals surface area contributed by atoms with Crippen molar-refractivity contribution < 1.29 is 13.9 Å². The fourth-order valence-electron chi connectivity index (χ4n) is 2.39. The molecule has 0 fully saturated rings. The summed E-state index contributed by atoms with van der Waals surface area (Å²) < 4.78 is 24.0. The van der Waals surface area contributed by atoms with Crippen LogP contribution in [-0.4, -0.2) is 16.6 Å². The standard InChI is InChI=1S/C20H20FN3O2/c1-3-25-17-8-4-15(5-9-17)14(2)23-20-22-13-12-19(24-20)26-18-10-6-16(21)7-11-18/h4-14H,3H2,1-2H3,(H,22,23,24). The van der Waals surface area contributed by atoms with Gasteiger partial charge >= 0.3 is 0 Å². The van der Waals surface area contributed by atoms with Gasteiger partial charge in [-0.15, -0.1) is 0 Å². The van der Waals surface area contributed by atoms with Gasteiger partial charge in [0.15, 0.2) is 0 Å². The van der Waals surface area contributed by atoms with Crippen LogP contribution in [0.2, 0.25) is 0 Å². The zero-order chi connectivity index (χ0) is 18.4. The Hall–Kier alpha value is -3.15. The summed E-state index contributed by atoms with van der Waals surface area (Å²) in [7, 11) is 0. The van der Waals surface area contributed by atoms with Crippen LogP contribution in [0.5, 0.6) is 17.4 Å². The van der Waals surface area contributed by atoms with Crippen LogP contribution in [0.1, 0.15) is 25.5 Å². The molecule has 0 aliphatic rings. The highest BCUT2D eigenvalue weighted by Gasteiger charge is 2.09. The smallest absolute Gasteiger partial charge is 0.226 e. The van der Waals surface area contributed by atoms with Crippen molar-refractivity contribution in [2.45, 2.75) is 19.9 Å². The van der Waals surface area contributed by atoms with Gasteiger partial charge in [-0.25, -0.2) is 9.37 Å². The Kier molecular flexibility index (Phi) is 5.63. The molecule has 26 heavy (non-hydrogen) atoms. The summed E-state index contributed by atoms with van der Waals surface area (Å²) in [5.74, 6) is 1.87. The lowest BCUT2D eigenvalue weighted by Gasteiger charge is -2.15. The second kappa shape index (κ2) is 8.29. The molecule has 1 unspecified atom stereocenters. The molecular formula is C20H20FN3O2. The number of anilines is 1. The predicted octanol–water partition coefficient (Wildman–Crippen LogP) is 4.98. The second-order valence-electron chi connectivity index (χ2n) is 5.64. The molecule has 0 saturated heterocycles. The van der Waals surface area contributed by atoms with Crippen molar-refractivity contribution in [1.82, 2.24) is 9.97 Å². The van der Waals surface area contributed by atoms with Crippen LogP contribution < -0.4 is 14.8 Å². The van der Waals surface area contributed by atoms with Gasteiger partial charge in [-0.3, -0.25) is 0 Å². The van der Waals surface area contributed by atoms with Gasteiger partial charge < -0.3 is 14.8 Å². The molecule has 5 nitrogen and oxygen atoms in total. The Balaban J connectivity index is 1.66. The summed E-state index contributed by atoms with van der Waals surface area (Å²) in [6.07, 6.45) is 1.61. The van der Waals surface area contributed by atoms with Gasteiger partial charge in [0.1, 0.15) is 17.3 Å². The van der Waals surface area contributed by atoms with Gasteiger partial charge in [0.25, 0.3) is 0 Å². The van der Waals surface area contributed by atoms with Crippen molar-refractivity contribution in [2.24, 2.45) is 0 Å². The Morgan fingerprint density at radius 3 is 2.38 bits per heavy atom. The zero-order valence-electron chi connectivity index (χ0n) is 14.6. The van der Waals surface area contributed by atoms with E-state index in [1.54, 1.807) is 24.4 Å². The maximum Gasteiger partial charge on any atom is 0.226 e. The van der Waals surface area contributed by atoms with Gasteiger partial charge in [0.05, 0.1) is 12.6 Å². The van der Waals surface area contributed by atoms with Crippen molar-refractivity contribution in [3.8, 4) is 17.4 Å². The van der Waals surface area contributed by atoms with Crippen LogP contribution in [0.15, 0.2) is 60.8 Å². The molecule has 1 aromatic heterocycles. The molecule has 3 rings (SSSR count). The lowest BCUT2D eigenvalue weighted by atomic mass is 10.1. The average Bonchev–Trinajstić information content (AvgIpc) is 2.65. The van der Waals surface area contributed by atoms with Gasteiger partial charge in [-0.1, -0.05) is 12.1 Å². The Labute approximate surface area is 151 Å². The molecule has 3 aromatic rings. The number of nitrogens with zero attached hydrogens (tertiary/aromatic N) is 2. The van der Waals surface area contributed by atoms with E-state index in [0.29, 0.717) is 24.2 Å². The molecule has 0 spiro atoms. The Morgan fingerprint density at radius 2 is 1.69 bits per heavy atom. The molecule has 0 amide bonds. The van der Waals surface area contributed by atoms with E-state index in [4.69, 9.17) is 9.47 Å². The highest BCUT2D eigenvalue weighted by Crippen LogP contribution is 2.23. The number of aromatic nitrogens is 2. The third-order valence-corrected chi connectivity index (χ3v) is 3.70. The summed E-state index contributed by atoms with van der Waals surface area (Å²) in [4.78, 5) is 8.56. The molecule has 0 radical (unpaired) electrons. The molecule has 2 aromatic carbocycles. The number of ether oxygens (including phenoxy) is 2. The molecular weight excluding hydrogens is 333 g/mol. The number of benzene rings is 2. The first-order valence-corrected chi connectivity index (χ1v) is 8.40. The van der Waals surface area contributed by atoms with Crippen molar-refractivity contribution in [2.75, 3.05) is 11.9 Å². The van der Waals surface area contributed by atoms with Crippen LogP contribution in [0.3, 0.4) is 0 Å². The maximum absolute atomic E-state index is 13.0. The molecule has 1 heterocycles. The monoisotopic (exact) mass is 353 g/mol. The molecule has 1 N–H and O–H groups in total. The number of nitrogens with one attached hydrogen (secondary N) is 1. The number of halogens is 1. The van der Waals surface area contributed by atoms with Crippen LogP contribution in [0, 0.1) is 5.82 Å². The lowest BCUT2D eigenvalue weighted by molar-refractivity contribution is 0.340. The summed E-state index contributed by atoms with van der Waals surface area (Å²) in [5, 5.41) is 3.24. The minimum atomic E-state index is -0.313. The third kappa shape index (κ3) is 4.69. The summed E-state index contributed by atoms with van der Waals surface area (Å²) in [5.41, 5.74) is 1.09. The molecule has 0 bridgehead atoms.